The average Bonchev–Trinajstić information content (AvgIpc) is 3.32. The summed E-state index contributed by atoms with van der Waals surface area (Å²) in [5, 5.41) is 14.9. The second kappa shape index (κ2) is 9.99. The van der Waals surface area contributed by atoms with Crippen LogP contribution in [0.1, 0.15) is 40.5 Å². The van der Waals surface area contributed by atoms with Crippen molar-refractivity contribution in [2.45, 2.75) is 38.5 Å². The van der Waals surface area contributed by atoms with E-state index in [4.69, 9.17) is 9.84 Å². The Morgan fingerprint density at radius 1 is 1.21 bits per heavy atom. The van der Waals surface area contributed by atoms with Crippen LogP contribution < -0.4 is 15.4 Å². The van der Waals surface area contributed by atoms with Crippen molar-refractivity contribution >= 4 is 34.2 Å². The van der Waals surface area contributed by atoms with Crippen molar-refractivity contribution in [3.63, 3.8) is 0 Å². The maximum Gasteiger partial charge on any atom is 0.325 e. The molecular formula is C24H24FN3O4S. The highest BCUT2D eigenvalue weighted by Gasteiger charge is 2.24. The Labute approximate surface area is 194 Å². The molecule has 1 heterocycles. The third-order valence-corrected chi connectivity index (χ3v) is 6.49. The van der Waals surface area contributed by atoms with Gasteiger partial charge in [-0.2, -0.15) is 0 Å². The molecule has 1 aliphatic carbocycles. The van der Waals surface area contributed by atoms with Gasteiger partial charge in [0.2, 0.25) is 0 Å². The lowest BCUT2D eigenvalue weighted by Gasteiger charge is -2.10. The zero-order valence-electron chi connectivity index (χ0n) is 18.1. The molecule has 0 spiro atoms. The van der Waals surface area contributed by atoms with E-state index in [0.29, 0.717) is 23.8 Å². The number of rotatable bonds is 8. The van der Waals surface area contributed by atoms with Crippen LogP contribution in [0.2, 0.25) is 0 Å². The molecule has 0 saturated heterocycles. The summed E-state index contributed by atoms with van der Waals surface area (Å²) in [7, 11) is 0. The van der Waals surface area contributed by atoms with Crippen molar-refractivity contribution in [3.8, 4) is 5.75 Å². The first-order valence-corrected chi connectivity index (χ1v) is 11.5. The second-order valence-electron chi connectivity index (χ2n) is 7.90. The highest BCUT2D eigenvalue weighted by atomic mass is 32.1. The van der Waals surface area contributed by atoms with Gasteiger partial charge < -0.3 is 15.2 Å². The molecule has 1 aliphatic rings. The third kappa shape index (κ3) is 5.87. The van der Waals surface area contributed by atoms with Crippen molar-refractivity contribution in [3.05, 3.63) is 70.0 Å². The zero-order chi connectivity index (χ0) is 23.4. The Morgan fingerprint density at radius 3 is 2.76 bits per heavy atom. The van der Waals surface area contributed by atoms with Crippen molar-refractivity contribution < 1.29 is 23.8 Å². The van der Waals surface area contributed by atoms with Gasteiger partial charge in [0.25, 0.3) is 0 Å². The number of amides is 2. The number of nitrogens with zero attached hydrogens (tertiary/aromatic N) is 1. The summed E-state index contributed by atoms with van der Waals surface area (Å²) in [5.41, 5.74) is 3.59. The maximum absolute atomic E-state index is 13.0. The average molecular weight is 470 g/mol. The number of aryl methyl sites for hydroxylation is 2. The van der Waals surface area contributed by atoms with Crippen LogP contribution in [0.5, 0.6) is 5.75 Å². The summed E-state index contributed by atoms with van der Waals surface area (Å²) in [5.74, 6) is -0.302. The predicted molar refractivity (Wildman–Crippen MR) is 125 cm³/mol. The van der Waals surface area contributed by atoms with Gasteiger partial charge in [0.05, 0.1) is 18.7 Å². The number of thiazole rings is 1. The summed E-state index contributed by atoms with van der Waals surface area (Å²) in [4.78, 5) is 28.6. The summed E-state index contributed by atoms with van der Waals surface area (Å²) in [6, 6.07) is 10.9. The number of nitrogens with one attached hydrogen (secondary N) is 2. The number of halogens is 1. The van der Waals surface area contributed by atoms with Gasteiger partial charge >= 0.3 is 12.0 Å². The fourth-order valence-corrected chi connectivity index (χ4v) is 4.82. The molecule has 4 rings (SSSR count). The summed E-state index contributed by atoms with van der Waals surface area (Å²) in [6.07, 6.45) is 2.47. The van der Waals surface area contributed by atoms with Gasteiger partial charge in [-0.15, -0.1) is 11.3 Å². The molecule has 3 N–H and O–H groups in total. The molecule has 33 heavy (non-hydrogen) atoms. The van der Waals surface area contributed by atoms with Crippen LogP contribution >= 0.6 is 11.3 Å². The molecule has 1 atom stereocenters. The topological polar surface area (TPSA) is 101 Å². The van der Waals surface area contributed by atoms with E-state index < -0.39 is 12.0 Å². The van der Waals surface area contributed by atoms with E-state index in [1.54, 1.807) is 0 Å². The fourth-order valence-electron chi connectivity index (χ4n) is 3.97. The van der Waals surface area contributed by atoms with Gasteiger partial charge in [0.15, 0.2) is 5.13 Å². The van der Waals surface area contributed by atoms with E-state index in [0.717, 1.165) is 40.3 Å². The number of carbonyl (C=O) groups is 2. The number of carboxylic acid groups (broad SMARTS) is 1. The normalized spacial score (nSPS) is 14.5. The monoisotopic (exact) mass is 469 g/mol. The van der Waals surface area contributed by atoms with Gasteiger partial charge in [-0.25, -0.2) is 14.2 Å². The highest BCUT2D eigenvalue weighted by molar-refractivity contribution is 7.15. The zero-order valence-corrected chi connectivity index (χ0v) is 18.9. The van der Waals surface area contributed by atoms with Gasteiger partial charge in [-0.3, -0.25) is 10.1 Å². The van der Waals surface area contributed by atoms with Crippen molar-refractivity contribution in [1.29, 1.82) is 0 Å². The Hall–Kier alpha value is -3.46. The number of aliphatic carboxylic acids is 1. The van der Waals surface area contributed by atoms with Crippen LogP contribution in [-0.2, 0) is 17.6 Å². The number of aromatic nitrogens is 1. The van der Waals surface area contributed by atoms with E-state index in [-0.39, 0.29) is 18.2 Å². The number of anilines is 2. The number of ether oxygens (including phenoxy) is 1. The Morgan fingerprint density at radius 2 is 2.00 bits per heavy atom. The lowest BCUT2D eigenvalue weighted by Crippen LogP contribution is -2.19. The summed E-state index contributed by atoms with van der Waals surface area (Å²) >= 11 is 1.38. The fraction of sp³-hybridized carbons (Fsp3) is 0.292. The smallest absolute Gasteiger partial charge is 0.325 e. The van der Waals surface area contributed by atoms with E-state index in [1.807, 2.05) is 25.1 Å². The standard InChI is InChI=1S/C24H24FN3O4S/c1-14-21(27-24(33-14)28-23(31)26-18-6-4-17(25)5-7-18)10-11-32-19-8-9-20-15(12-19)2-3-16(20)13-22(29)30/h4-9,12,16H,2-3,10-11,13H2,1H3,(H,29,30)(H2,26,27,28,31)/t16-/m0/s1. The highest BCUT2D eigenvalue weighted by Crippen LogP contribution is 2.37. The van der Waals surface area contributed by atoms with E-state index >= 15 is 0 Å². The molecule has 0 aliphatic heterocycles. The third-order valence-electron chi connectivity index (χ3n) is 5.56. The molecule has 0 fully saturated rings. The van der Waals surface area contributed by atoms with Crippen molar-refractivity contribution in [1.82, 2.24) is 4.98 Å². The van der Waals surface area contributed by atoms with Gasteiger partial charge in [0, 0.05) is 17.0 Å². The quantitative estimate of drug-likeness (QED) is 0.412. The molecule has 7 nitrogen and oxygen atoms in total. The van der Waals surface area contributed by atoms with E-state index in [1.165, 1.54) is 35.6 Å². The lowest BCUT2D eigenvalue weighted by molar-refractivity contribution is -0.137. The van der Waals surface area contributed by atoms with Crippen LogP contribution in [0.4, 0.5) is 20.0 Å². The van der Waals surface area contributed by atoms with Crippen molar-refractivity contribution in [2.24, 2.45) is 0 Å². The minimum absolute atomic E-state index is 0.0791. The molecule has 0 bridgehead atoms. The lowest BCUT2D eigenvalue weighted by atomic mass is 9.98. The first-order valence-electron chi connectivity index (χ1n) is 10.6. The SMILES string of the molecule is Cc1sc(NC(=O)Nc2ccc(F)cc2)nc1CCOc1ccc2c(c1)CC[C@H]2CC(=O)O. The van der Waals surface area contributed by atoms with Crippen LogP contribution in [-0.4, -0.2) is 28.7 Å². The molecule has 1 aromatic heterocycles. The van der Waals surface area contributed by atoms with Gasteiger partial charge in [-0.1, -0.05) is 6.07 Å². The molecule has 9 heteroatoms. The number of hydrogen-bond acceptors (Lipinski definition) is 5. The van der Waals surface area contributed by atoms with Gasteiger partial charge in [0.1, 0.15) is 11.6 Å². The Balaban J connectivity index is 1.28. The molecule has 3 aromatic rings. The van der Waals surface area contributed by atoms with Crippen LogP contribution in [0.15, 0.2) is 42.5 Å². The number of carboxylic acids is 1. The van der Waals surface area contributed by atoms with Gasteiger partial charge in [-0.05, 0) is 73.2 Å². The Kier molecular flexibility index (Phi) is 6.88. The number of benzene rings is 2. The largest absolute Gasteiger partial charge is 0.493 e. The summed E-state index contributed by atoms with van der Waals surface area (Å²) < 4.78 is 18.9. The molecule has 0 radical (unpaired) electrons. The molecular weight excluding hydrogens is 445 g/mol. The number of fused-ring (bicyclic) bond motifs is 1. The minimum atomic E-state index is -0.770. The number of carbonyl (C=O) groups excluding carboxylic acids is 1. The van der Waals surface area contributed by atoms with E-state index in [9.17, 15) is 14.0 Å². The number of urea groups is 1. The van der Waals surface area contributed by atoms with Crippen LogP contribution in [0, 0.1) is 12.7 Å². The van der Waals surface area contributed by atoms with Crippen LogP contribution in [0.3, 0.4) is 0 Å². The molecule has 2 aromatic carbocycles. The predicted octanol–water partition coefficient (Wildman–Crippen LogP) is 5.36. The molecule has 0 saturated carbocycles. The first-order chi connectivity index (χ1) is 15.9. The molecule has 0 unspecified atom stereocenters. The minimum Gasteiger partial charge on any atom is -0.493 e. The maximum atomic E-state index is 13.0. The van der Waals surface area contributed by atoms with Crippen molar-refractivity contribution in [2.75, 3.05) is 17.2 Å². The Bertz CT molecular complexity index is 1160. The molecule has 2 amide bonds. The van der Waals surface area contributed by atoms with E-state index in [2.05, 4.69) is 15.6 Å². The first kappa shape index (κ1) is 22.7. The molecule has 172 valence electrons. The van der Waals surface area contributed by atoms with Crippen LogP contribution in [0.25, 0.3) is 0 Å². The summed E-state index contributed by atoms with van der Waals surface area (Å²) in [6.45, 7) is 2.37. The number of hydrogen-bond donors (Lipinski definition) is 3. The second-order valence-corrected chi connectivity index (χ2v) is 9.10.